The van der Waals surface area contributed by atoms with E-state index in [0.717, 1.165) is 18.6 Å². The Balaban J connectivity index is 2.37. The molecule has 1 aromatic rings. The monoisotopic (exact) mass is 308 g/mol. The Morgan fingerprint density at radius 3 is 2.75 bits per heavy atom. The summed E-state index contributed by atoms with van der Waals surface area (Å²) in [6, 6.07) is 1.90. The first-order valence-electron chi connectivity index (χ1n) is 6.44. The lowest BCUT2D eigenvalue weighted by atomic mass is 10.1. The summed E-state index contributed by atoms with van der Waals surface area (Å²) in [7, 11) is 0. The number of halogens is 4. The zero-order valence-corrected chi connectivity index (χ0v) is 12.0. The molecular weight excluding hydrogens is 293 g/mol. The molecule has 0 spiro atoms. The number of anilines is 1. The maximum absolute atomic E-state index is 12.8. The van der Waals surface area contributed by atoms with Crippen LogP contribution < -0.4 is 4.90 Å². The van der Waals surface area contributed by atoms with Gasteiger partial charge in [-0.2, -0.15) is 13.2 Å². The zero-order valence-electron chi connectivity index (χ0n) is 11.2. The Bertz CT molecular complexity index is 481. The van der Waals surface area contributed by atoms with Gasteiger partial charge in [-0.3, -0.25) is 0 Å². The van der Waals surface area contributed by atoms with E-state index in [4.69, 9.17) is 16.3 Å². The van der Waals surface area contributed by atoms with Crippen LogP contribution in [0.4, 0.5) is 19.0 Å². The van der Waals surface area contributed by atoms with Crippen molar-refractivity contribution in [2.45, 2.75) is 38.6 Å². The minimum atomic E-state index is -4.43. The fourth-order valence-electron chi connectivity index (χ4n) is 2.26. The number of rotatable bonds is 2. The summed E-state index contributed by atoms with van der Waals surface area (Å²) >= 11 is 5.73. The van der Waals surface area contributed by atoms with Crippen molar-refractivity contribution < 1.29 is 17.9 Å². The Labute approximate surface area is 120 Å². The van der Waals surface area contributed by atoms with Crippen molar-refractivity contribution in [2.24, 2.45) is 0 Å². The van der Waals surface area contributed by atoms with Crippen LogP contribution in [-0.2, 0) is 10.9 Å². The van der Waals surface area contributed by atoms with Gasteiger partial charge in [0, 0.05) is 6.54 Å². The number of aromatic nitrogens is 1. The molecule has 1 aliphatic rings. The Hall–Kier alpha value is -1.01. The number of hydrogen-bond donors (Lipinski definition) is 0. The molecule has 1 aromatic heterocycles. The van der Waals surface area contributed by atoms with Gasteiger partial charge in [0.05, 0.1) is 24.3 Å². The molecule has 2 heterocycles. The lowest BCUT2D eigenvalue weighted by molar-refractivity contribution is -0.137. The van der Waals surface area contributed by atoms with Crippen LogP contribution in [0.2, 0.25) is 5.15 Å². The van der Waals surface area contributed by atoms with E-state index in [1.807, 2.05) is 18.7 Å². The molecule has 0 amide bonds. The van der Waals surface area contributed by atoms with Gasteiger partial charge in [-0.05, 0) is 25.5 Å². The fourth-order valence-corrected chi connectivity index (χ4v) is 2.46. The smallest absolute Gasteiger partial charge is 0.375 e. The van der Waals surface area contributed by atoms with Crippen molar-refractivity contribution >= 4 is 17.4 Å². The first kappa shape index (κ1) is 15.4. The molecule has 0 aliphatic carbocycles. The first-order valence-corrected chi connectivity index (χ1v) is 6.82. The molecule has 112 valence electrons. The molecule has 1 saturated heterocycles. The lowest BCUT2D eigenvalue weighted by Gasteiger charge is -2.39. The van der Waals surface area contributed by atoms with Gasteiger partial charge in [0.1, 0.15) is 11.0 Å². The van der Waals surface area contributed by atoms with Crippen LogP contribution in [0.5, 0.6) is 0 Å². The summed E-state index contributed by atoms with van der Waals surface area (Å²) in [5, 5.41) is -0.149. The molecule has 2 rings (SSSR count). The van der Waals surface area contributed by atoms with E-state index in [-0.39, 0.29) is 23.1 Å². The highest BCUT2D eigenvalue weighted by atomic mass is 35.5. The predicted octanol–water partition coefficient (Wildman–Crippen LogP) is 3.76. The standard InChI is InChI=1S/C13H16ClF3N2O/c1-3-10-7-20-8(2)6-19(10)12-5-9(13(15,16)17)4-11(14)18-12/h4-5,8,10H,3,6-7H2,1-2H3. The average molecular weight is 309 g/mol. The van der Waals surface area contributed by atoms with Crippen LogP contribution in [0.3, 0.4) is 0 Å². The summed E-state index contributed by atoms with van der Waals surface area (Å²) in [5.74, 6) is 0.256. The molecule has 1 fully saturated rings. The van der Waals surface area contributed by atoms with E-state index < -0.39 is 11.7 Å². The van der Waals surface area contributed by atoms with Crippen LogP contribution in [0, 0.1) is 0 Å². The van der Waals surface area contributed by atoms with Gasteiger partial charge >= 0.3 is 6.18 Å². The zero-order chi connectivity index (χ0) is 14.9. The third kappa shape index (κ3) is 3.35. The first-order chi connectivity index (χ1) is 9.31. The van der Waals surface area contributed by atoms with E-state index in [2.05, 4.69) is 4.98 Å². The van der Waals surface area contributed by atoms with Crippen LogP contribution >= 0.6 is 11.6 Å². The summed E-state index contributed by atoms with van der Waals surface area (Å²) in [6.07, 6.45) is -3.71. The summed E-state index contributed by atoms with van der Waals surface area (Å²) in [6.45, 7) is 4.83. The maximum Gasteiger partial charge on any atom is 0.416 e. The predicted molar refractivity (Wildman–Crippen MR) is 71.1 cm³/mol. The molecule has 2 unspecified atom stereocenters. The molecule has 0 radical (unpaired) electrons. The number of alkyl halides is 3. The maximum atomic E-state index is 12.8. The lowest BCUT2D eigenvalue weighted by Crippen LogP contribution is -2.49. The molecular formula is C13H16ClF3N2O. The molecule has 0 saturated carbocycles. The molecule has 0 bridgehead atoms. The second-order valence-corrected chi connectivity index (χ2v) is 5.28. The largest absolute Gasteiger partial charge is 0.416 e. The van der Waals surface area contributed by atoms with Gasteiger partial charge in [-0.1, -0.05) is 18.5 Å². The summed E-state index contributed by atoms with van der Waals surface area (Å²) < 4.78 is 44.1. The Morgan fingerprint density at radius 2 is 2.15 bits per heavy atom. The minimum Gasteiger partial charge on any atom is -0.375 e. The fraction of sp³-hybridized carbons (Fsp3) is 0.615. The second kappa shape index (κ2) is 5.77. The number of hydrogen-bond acceptors (Lipinski definition) is 3. The van der Waals surface area contributed by atoms with Crippen molar-refractivity contribution in [3.63, 3.8) is 0 Å². The van der Waals surface area contributed by atoms with Crippen molar-refractivity contribution in [3.05, 3.63) is 22.8 Å². The highest BCUT2D eigenvalue weighted by molar-refractivity contribution is 6.29. The Morgan fingerprint density at radius 1 is 1.45 bits per heavy atom. The molecule has 1 aliphatic heterocycles. The number of morpholine rings is 1. The molecule has 0 aromatic carbocycles. The second-order valence-electron chi connectivity index (χ2n) is 4.89. The van der Waals surface area contributed by atoms with Crippen LogP contribution in [0.15, 0.2) is 12.1 Å². The summed E-state index contributed by atoms with van der Waals surface area (Å²) in [4.78, 5) is 5.88. The molecule has 3 nitrogen and oxygen atoms in total. The van der Waals surface area contributed by atoms with E-state index in [9.17, 15) is 13.2 Å². The average Bonchev–Trinajstić information content (AvgIpc) is 2.37. The van der Waals surface area contributed by atoms with E-state index in [0.29, 0.717) is 13.2 Å². The van der Waals surface area contributed by atoms with E-state index in [1.54, 1.807) is 0 Å². The minimum absolute atomic E-state index is 0.0123. The molecule has 2 atom stereocenters. The van der Waals surface area contributed by atoms with Crippen LogP contribution in [-0.4, -0.2) is 30.3 Å². The normalized spacial score (nSPS) is 24.0. The Kier molecular flexibility index (Phi) is 4.44. The van der Waals surface area contributed by atoms with E-state index >= 15 is 0 Å². The molecule has 20 heavy (non-hydrogen) atoms. The van der Waals surface area contributed by atoms with Gasteiger partial charge < -0.3 is 9.64 Å². The topological polar surface area (TPSA) is 25.4 Å². The van der Waals surface area contributed by atoms with Crippen molar-refractivity contribution in [2.75, 3.05) is 18.1 Å². The number of nitrogens with zero attached hydrogens (tertiary/aromatic N) is 2. The van der Waals surface area contributed by atoms with Gasteiger partial charge in [0.25, 0.3) is 0 Å². The van der Waals surface area contributed by atoms with Crippen molar-refractivity contribution in [1.29, 1.82) is 0 Å². The van der Waals surface area contributed by atoms with Crippen molar-refractivity contribution in [1.82, 2.24) is 4.98 Å². The number of ether oxygens (including phenoxy) is 1. The van der Waals surface area contributed by atoms with Gasteiger partial charge in [0.15, 0.2) is 0 Å². The molecule has 0 N–H and O–H groups in total. The number of pyridine rings is 1. The highest BCUT2D eigenvalue weighted by Crippen LogP contribution is 2.34. The highest BCUT2D eigenvalue weighted by Gasteiger charge is 2.33. The van der Waals surface area contributed by atoms with Gasteiger partial charge in [0.2, 0.25) is 0 Å². The third-order valence-electron chi connectivity index (χ3n) is 3.34. The van der Waals surface area contributed by atoms with E-state index in [1.165, 1.54) is 0 Å². The van der Waals surface area contributed by atoms with Crippen LogP contribution in [0.25, 0.3) is 0 Å². The summed E-state index contributed by atoms with van der Waals surface area (Å²) in [5.41, 5.74) is -0.776. The van der Waals surface area contributed by atoms with Gasteiger partial charge in [-0.25, -0.2) is 4.98 Å². The third-order valence-corrected chi connectivity index (χ3v) is 3.53. The van der Waals surface area contributed by atoms with Crippen LogP contribution in [0.1, 0.15) is 25.8 Å². The van der Waals surface area contributed by atoms with Crippen molar-refractivity contribution in [3.8, 4) is 0 Å². The SMILES string of the molecule is CCC1COC(C)CN1c1cc(C(F)(F)F)cc(Cl)n1. The van der Waals surface area contributed by atoms with Gasteiger partial charge in [-0.15, -0.1) is 0 Å². The quantitative estimate of drug-likeness (QED) is 0.778. The molecule has 7 heteroatoms.